The largest absolute Gasteiger partial charge is 0.289 e. The number of rotatable bonds is 5. The van der Waals surface area contributed by atoms with E-state index in [1.165, 1.54) is 38.5 Å². The van der Waals surface area contributed by atoms with Gasteiger partial charge in [0.2, 0.25) is 10.0 Å². The van der Waals surface area contributed by atoms with E-state index >= 15 is 0 Å². The van der Waals surface area contributed by atoms with Crippen molar-refractivity contribution in [2.24, 2.45) is 0 Å². The second-order valence-electron chi connectivity index (χ2n) is 4.37. The van der Waals surface area contributed by atoms with Gasteiger partial charge >= 0.3 is 0 Å². The number of aromatic nitrogens is 3. The number of aryl methyl sites for hydroxylation is 1. The molecule has 0 aliphatic heterocycles. The average Bonchev–Trinajstić information content (AvgIpc) is 2.90. The molecule has 2 rings (SSSR count). The second-order valence-corrected chi connectivity index (χ2v) is 6.36. The summed E-state index contributed by atoms with van der Waals surface area (Å²) in [6.45, 7) is 1.45. The van der Waals surface area contributed by atoms with Crippen LogP contribution in [0.15, 0.2) is 29.4 Å². The van der Waals surface area contributed by atoms with Gasteiger partial charge in [0.05, 0.1) is 11.5 Å². The van der Waals surface area contributed by atoms with Gasteiger partial charge in [-0.15, -0.1) is 0 Å². The third-order valence-electron chi connectivity index (χ3n) is 2.89. The zero-order valence-electron chi connectivity index (χ0n) is 11.3. The maximum absolute atomic E-state index is 12.6. The van der Waals surface area contributed by atoms with Gasteiger partial charge in [-0.1, -0.05) is 12.1 Å². The lowest BCUT2D eigenvalue weighted by Gasteiger charge is -2.17. The molecule has 0 saturated carbocycles. The molecule has 1 N–H and O–H groups in total. The first-order chi connectivity index (χ1) is 9.84. The van der Waals surface area contributed by atoms with E-state index in [-0.39, 0.29) is 11.4 Å². The molecule has 0 saturated heterocycles. The Balaban J connectivity index is 2.46. The number of nitrogens with one attached hydrogen (secondary N) is 1. The van der Waals surface area contributed by atoms with E-state index in [1.807, 2.05) is 0 Å². The number of benzene rings is 1. The molecule has 1 aromatic heterocycles. The van der Waals surface area contributed by atoms with Crippen LogP contribution >= 0.6 is 0 Å². The lowest BCUT2D eigenvalue weighted by molar-refractivity contribution is -0.387. The number of nitro groups is 1. The van der Waals surface area contributed by atoms with Crippen molar-refractivity contribution in [2.45, 2.75) is 18.4 Å². The van der Waals surface area contributed by atoms with Crippen LogP contribution in [0.25, 0.3) is 0 Å². The molecule has 0 atom stereocenters. The monoisotopic (exact) mass is 311 g/mol. The van der Waals surface area contributed by atoms with Gasteiger partial charge in [0.25, 0.3) is 5.69 Å². The van der Waals surface area contributed by atoms with E-state index < -0.39 is 20.6 Å². The summed E-state index contributed by atoms with van der Waals surface area (Å²) in [7, 11) is -2.69. The Hall–Kier alpha value is -2.33. The molecule has 0 spiro atoms. The Morgan fingerprint density at radius 3 is 2.71 bits per heavy atom. The van der Waals surface area contributed by atoms with E-state index in [0.29, 0.717) is 11.4 Å². The van der Waals surface area contributed by atoms with Crippen molar-refractivity contribution in [3.05, 3.63) is 46.0 Å². The molecule has 10 heteroatoms. The molecule has 1 aromatic carbocycles. The van der Waals surface area contributed by atoms with Gasteiger partial charge in [-0.3, -0.25) is 15.2 Å². The molecule has 9 nitrogen and oxygen atoms in total. The Kier molecular flexibility index (Phi) is 4.00. The highest BCUT2D eigenvalue weighted by Gasteiger charge is 2.31. The fraction of sp³-hybridized carbons (Fsp3) is 0.273. The van der Waals surface area contributed by atoms with Gasteiger partial charge in [-0.25, -0.2) is 13.4 Å². The second kappa shape index (κ2) is 5.58. The predicted molar refractivity (Wildman–Crippen MR) is 72.9 cm³/mol. The zero-order valence-corrected chi connectivity index (χ0v) is 12.2. The lowest BCUT2D eigenvalue weighted by atomic mass is 10.2. The minimum absolute atomic E-state index is 0.0617. The predicted octanol–water partition coefficient (Wildman–Crippen LogP) is 0.842. The molecule has 0 bridgehead atoms. The number of sulfonamides is 1. The quantitative estimate of drug-likeness (QED) is 0.645. The maximum Gasteiger partial charge on any atom is 0.289 e. The van der Waals surface area contributed by atoms with Crippen LogP contribution in [0.3, 0.4) is 0 Å². The molecular weight excluding hydrogens is 298 g/mol. The van der Waals surface area contributed by atoms with Gasteiger partial charge < -0.3 is 0 Å². The van der Waals surface area contributed by atoms with Crippen LogP contribution in [0.2, 0.25) is 0 Å². The van der Waals surface area contributed by atoms with E-state index in [0.717, 1.165) is 4.31 Å². The molecule has 0 unspecified atom stereocenters. The minimum Gasteiger partial charge on any atom is -0.262 e. The summed E-state index contributed by atoms with van der Waals surface area (Å²) in [5.74, 6) is 0.345. The Morgan fingerprint density at radius 1 is 1.43 bits per heavy atom. The fourth-order valence-electron chi connectivity index (χ4n) is 1.88. The third-order valence-corrected chi connectivity index (χ3v) is 4.89. The molecular formula is C11H13N5O4S. The summed E-state index contributed by atoms with van der Waals surface area (Å²) >= 11 is 0. The SMILES string of the molecule is Cc1cccc([N+](=O)[O-])c1S(=O)(=O)N(C)Cc1ncn[nH]1. The smallest absolute Gasteiger partial charge is 0.262 e. The van der Waals surface area contributed by atoms with Gasteiger partial charge in [-0.05, 0) is 12.5 Å². The molecule has 112 valence electrons. The van der Waals surface area contributed by atoms with Crippen molar-refractivity contribution < 1.29 is 13.3 Å². The van der Waals surface area contributed by atoms with Crippen LogP contribution in [0.1, 0.15) is 11.4 Å². The number of hydrogen-bond donors (Lipinski definition) is 1. The van der Waals surface area contributed by atoms with Gasteiger partial charge in [0.15, 0.2) is 4.90 Å². The summed E-state index contributed by atoms with van der Waals surface area (Å²) < 4.78 is 26.1. The summed E-state index contributed by atoms with van der Waals surface area (Å²) in [6.07, 6.45) is 1.26. The summed E-state index contributed by atoms with van der Waals surface area (Å²) in [6, 6.07) is 4.13. The number of hydrogen-bond acceptors (Lipinski definition) is 6. The lowest BCUT2D eigenvalue weighted by Crippen LogP contribution is -2.28. The average molecular weight is 311 g/mol. The maximum atomic E-state index is 12.6. The van der Waals surface area contributed by atoms with Crippen LogP contribution in [0, 0.1) is 17.0 Å². The molecule has 0 fully saturated rings. The van der Waals surface area contributed by atoms with Crippen molar-refractivity contribution in [1.82, 2.24) is 19.5 Å². The van der Waals surface area contributed by atoms with E-state index in [9.17, 15) is 18.5 Å². The van der Waals surface area contributed by atoms with Crippen LogP contribution in [0.5, 0.6) is 0 Å². The van der Waals surface area contributed by atoms with E-state index in [4.69, 9.17) is 0 Å². The third kappa shape index (κ3) is 2.90. The van der Waals surface area contributed by atoms with Crippen LogP contribution in [-0.4, -0.2) is 39.9 Å². The van der Waals surface area contributed by atoms with Crippen molar-refractivity contribution >= 4 is 15.7 Å². The van der Waals surface area contributed by atoms with Crippen molar-refractivity contribution in [3.63, 3.8) is 0 Å². The van der Waals surface area contributed by atoms with Crippen molar-refractivity contribution in [2.75, 3.05) is 7.05 Å². The number of aromatic amines is 1. The Bertz CT molecular complexity index is 757. The van der Waals surface area contributed by atoms with Crippen LogP contribution in [-0.2, 0) is 16.6 Å². The summed E-state index contributed by atoms with van der Waals surface area (Å²) in [4.78, 5) is 13.9. The molecule has 21 heavy (non-hydrogen) atoms. The number of nitrogens with zero attached hydrogens (tertiary/aromatic N) is 4. The van der Waals surface area contributed by atoms with E-state index in [1.54, 1.807) is 0 Å². The molecule has 0 aliphatic rings. The number of nitro benzene ring substituents is 1. The normalized spacial score (nSPS) is 11.8. The first-order valence-electron chi connectivity index (χ1n) is 5.88. The first kappa shape index (κ1) is 15.1. The van der Waals surface area contributed by atoms with Gasteiger partial charge in [-0.2, -0.15) is 9.40 Å². The summed E-state index contributed by atoms with van der Waals surface area (Å²) in [5.41, 5.74) is -0.131. The minimum atomic E-state index is -4.02. The van der Waals surface area contributed by atoms with Crippen LogP contribution < -0.4 is 0 Å². The van der Waals surface area contributed by atoms with Gasteiger partial charge in [0.1, 0.15) is 12.2 Å². The molecule has 2 aromatic rings. The number of H-pyrrole nitrogens is 1. The molecule has 0 aliphatic carbocycles. The topological polar surface area (TPSA) is 122 Å². The summed E-state index contributed by atoms with van der Waals surface area (Å²) in [5, 5.41) is 17.2. The molecule has 1 heterocycles. The highest BCUT2D eigenvalue weighted by molar-refractivity contribution is 7.89. The van der Waals surface area contributed by atoms with Crippen molar-refractivity contribution in [3.8, 4) is 0 Å². The highest BCUT2D eigenvalue weighted by Crippen LogP contribution is 2.29. The Morgan fingerprint density at radius 2 is 2.14 bits per heavy atom. The van der Waals surface area contributed by atoms with Crippen molar-refractivity contribution in [1.29, 1.82) is 0 Å². The molecule has 0 amide bonds. The zero-order chi connectivity index (χ0) is 15.6. The standard InChI is InChI=1S/C11H13N5O4S/c1-8-4-3-5-9(16(17)18)11(8)21(19,20)15(2)6-10-12-7-13-14-10/h3-5,7H,6H2,1-2H3,(H,12,13,14). The molecule has 0 radical (unpaired) electrons. The van der Waals surface area contributed by atoms with Crippen LogP contribution in [0.4, 0.5) is 5.69 Å². The fourth-order valence-corrected chi connectivity index (χ4v) is 3.36. The Labute approximate surface area is 120 Å². The first-order valence-corrected chi connectivity index (χ1v) is 7.32. The van der Waals surface area contributed by atoms with E-state index in [2.05, 4.69) is 15.2 Å². The van der Waals surface area contributed by atoms with Gasteiger partial charge in [0, 0.05) is 13.1 Å². The highest BCUT2D eigenvalue weighted by atomic mass is 32.2.